The number of aryl methyl sites for hydroxylation is 1. The SMILES string of the molecule is Cc1cccc(NC(C)c2ccc(O)cc2F)c1Br. The van der Waals surface area contributed by atoms with E-state index in [4.69, 9.17) is 0 Å². The van der Waals surface area contributed by atoms with E-state index in [2.05, 4.69) is 21.2 Å². The van der Waals surface area contributed by atoms with Crippen LogP contribution < -0.4 is 5.32 Å². The van der Waals surface area contributed by atoms with Crippen LogP contribution in [0.15, 0.2) is 40.9 Å². The van der Waals surface area contributed by atoms with Crippen molar-refractivity contribution in [2.75, 3.05) is 5.32 Å². The lowest BCUT2D eigenvalue weighted by Gasteiger charge is -2.18. The number of rotatable bonds is 3. The maximum atomic E-state index is 13.8. The fraction of sp³-hybridized carbons (Fsp3) is 0.200. The number of halogens is 2. The van der Waals surface area contributed by atoms with Crippen molar-refractivity contribution in [1.82, 2.24) is 0 Å². The van der Waals surface area contributed by atoms with Gasteiger partial charge in [-0.25, -0.2) is 4.39 Å². The minimum atomic E-state index is -0.413. The average molecular weight is 324 g/mol. The first-order valence-corrected chi connectivity index (χ1v) is 6.78. The van der Waals surface area contributed by atoms with Crippen LogP contribution in [0.5, 0.6) is 5.75 Å². The molecular formula is C15H15BrFNO. The summed E-state index contributed by atoms with van der Waals surface area (Å²) in [5.74, 6) is -0.478. The van der Waals surface area contributed by atoms with Crippen LogP contribution in [0.2, 0.25) is 0 Å². The Morgan fingerprint density at radius 2 is 2.00 bits per heavy atom. The Morgan fingerprint density at radius 1 is 1.26 bits per heavy atom. The number of aromatic hydroxyl groups is 1. The zero-order valence-corrected chi connectivity index (χ0v) is 12.3. The van der Waals surface area contributed by atoms with Crippen molar-refractivity contribution in [3.05, 3.63) is 57.8 Å². The van der Waals surface area contributed by atoms with Crippen LogP contribution in [-0.2, 0) is 0 Å². The average Bonchev–Trinajstić information content (AvgIpc) is 2.34. The van der Waals surface area contributed by atoms with Crippen LogP contribution in [-0.4, -0.2) is 5.11 Å². The molecule has 2 aromatic rings. The summed E-state index contributed by atoms with van der Waals surface area (Å²) in [7, 11) is 0. The highest BCUT2D eigenvalue weighted by Crippen LogP contribution is 2.30. The number of hydrogen-bond acceptors (Lipinski definition) is 2. The molecule has 1 unspecified atom stereocenters. The molecule has 19 heavy (non-hydrogen) atoms. The summed E-state index contributed by atoms with van der Waals surface area (Å²) in [5, 5.41) is 12.5. The molecule has 0 fully saturated rings. The summed E-state index contributed by atoms with van der Waals surface area (Å²) in [6.45, 7) is 3.88. The second kappa shape index (κ2) is 5.61. The number of anilines is 1. The Kier molecular flexibility index (Phi) is 4.10. The molecule has 4 heteroatoms. The van der Waals surface area contributed by atoms with Crippen molar-refractivity contribution >= 4 is 21.6 Å². The number of nitrogens with one attached hydrogen (secondary N) is 1. The first-order chi connectivity index (χ1) is 8.99. The molecule has 1 atom stereocenters. The molecule has 0 aliphatic heterocycles. The topological polar surface area (TPSA) is 32.3 Å². The van der Waals surface area contributed by atoms with E-state index in [1.807, 2.05) is 32.0 Å². The fourth-order valence-corrected chi connectivity index (χ4v) is 2.32. The Bertz CT molecular complexity index is 601. The van der Waals surface area contributed by atoms with Crippen molar-refractivity contribution in [2.24, 2.45) is 0 Å². The minimum Gasteiger partial charge on any atom is -0.508 e. The van der Waals surface area contributed by atoms with Gasteiger partial charge in [0.2, 0.25) is 0 Å². The van der Waals surface area contributed by atoms with Gasteiger partial charge in [-0.1, -0.05) is 18.2 Å². The third-order valence-corrected chi connectivity index (χ3v) is 4.07. The number of phenolic OH excluding ortho intramolecular Hbond substituents is 1. The Balaban J connectivity index is 2.25. The summed E-state index contributed by atoms with van der Waals surface area (Å²) < 4.78 is 14.7. The van der Waals surface area contributed by atoms with Crippen molar-refractivity contribution in [1.29, 1.82) is 0 Å². The Hall–Kier alpha value is -1.55. The van der Waals surface area contributed by atoms with E-state index in [1.165, 1.54) is 6.07 Å². The summed E-state index contributed by atoms with van der Waals surface area (Å²) in [6, 6.07) is 9.89. The molecule has 0 bridgehead atoms. The minimum absolute atomic E-state index is 0.0646. The van der Waals surface area contributed by atoms with Gasteiger partial charge in [0.25, 0.3) is 0 Å². The molecule has 0 aromatic heterocycles. The molecule has 0 heterocycles. The molecule has 0 saturated heterocycles. The molecular weight excluding hydrogens is 309 g/mol. The highest BCUT2D eigenvalue weighted by atomic mass is 79.9. The van der Waals surface area contributed by atoms with Gasteiger partial charge in [0, 0.05) is 21.8 Å². The standard InChI is InChI=1S/C15H15BrFNO/c1-9-4-3-5-14(15(9)16)18-10(2)12-7-6-11(19)8-13(12)17/h3-8,10,18-19H,1-2H3. The van der Waals surface area contributed by atoms with E-state index >= 15 is 0 Å². The van der Waals surface area contributed by atoms with Gasteiger partial charge in [0.15, 0.2) is 0 Å². The summed E-state index contributed by atoms with van der Waals surface area (Å²) in [5.41, 5.74) is 2.55. The van der Waals surface area contributed by atoms with Crippen LogP contribution >= 0.6 is 15.9 Å². The number of phenols is 1. The van der Waals surface area contributed by atoms with Crippen molar-refractivity contribution in [3.63, 3.8) is 0 Å². The molecule has 100 valence electrons. The lowest BCUT2D eigenvalue weighted by Crippen LogP contribution is -2.09. The largest absolute Gasteiger partial charge is 0.508 e. The second-order valence-corrected chi connectivity index (χ2v) is 5.30. The Labute approximate surface area is 120 Å². The first kappa shape index (κ1) is 13.9. The third kappa shape index (κ3) is 3.07. The van der Waals surface area contributed by atoms with Gasteiger partial charge in [-0.15, -0.1) is 0 Å². The molecule has 2 aromatic carbocycles. The smallest absolute Gasteiger partial charge is 0.132 e. The van der Waals surface area contributed by atoms with E-state index in [1.54, 1.807) is 6.07 Å². The predicted molar refractivity (Wildman–Crippen MR) is 79.0 cm³/mol. The molecule has 0 radical (unpaired) electrons. The molecule has 0 saturated carbocycles. The van der Waals surface area contributed by atoms with Crippen LogP contribution in [0.1, 0.15) is 24.1 Å². The van der Waals surface area contributed by atoms with Crippen molar-refractivity contribution < 1.29 is 9.50 Å². The lowest BCUT2D eigenvalue weighted by molar-refractivity contribution is 0.467. The number of benzene rings is 2. The van der Waals surface area contributed by atoms with Gasteiger partial charge in [-0.05, 0) is 47.5 Å². The molecule has 2 rings (SSSR count). The number of hydrogen-bond donors (Lipinski definition) is 2. The maximum absolute atomic E-state index is 13.8. The first-order valence-electron chi connectivity index (χ1n) is 5.99. The maximum Gasteiger partial charge on any atom is 0.132 e. The van der Waals surface area contributed by atoms with Crippen LogP contribution in [0.25, 0.3) is 0 Å². The van der Waals surface area contributed by atoms with Crippen LogP contribution in [0.3, 0.4) is 0 Å². The summed E-state index contributed by atoms with van der Waals surface area (Å²) in [6.07, 6.45) is 0. The van der Waals surface area contributed by atoms with Gasteiger partial charge < -0.3 is 10.4 Å². The van der Waals surface area contributed by atoms with Gasteiger partial charge in [0.1, 0.15) is 11.6 Å². The zero-order chi connectivity index (χ0) is 14.0. The van der Waals surface area contributed by atoms with Crippen LogP contribution in [0.4, 0.5) is 10.1 Å². The third-order valence-electron chi connectivity index (χ3n) is 3.01. The Morgan fingerprint density at radius 3 is 2.68 bits per heavy atom. The summed E-state index contributed by atoms with van der Waals surface area (Å²) in [4.78, 5) is 0. The predicted octanol–water partition coefficient (Wildman–Crippen LogP) is 4.78. The van der Waals surface area contributed by atoms with Crippen molar-refractivity contribution in [2.45, 2.75) is 19.9 Å². The van der Waals surface area contributed by atoms with Gasteiger partial charge >= 0.3 is 0 Å². The second-order valence-electron chi connectivity index (χ2n) is 4.51. The normalized spacial score (nSPS) is 12.2. The van der Waals surface area contributed by atoms with Crippen molar-refractivity contribution in [3.8, 4) is 5.75 Å². The quantitative estimate of drug-likeness (QED) is 0.852. The van der Waals surface area contributed by atoms with E-state index in [0.29, 0.717) is 5.56 Å². The molecule has 2 nitrogen and oxygen atoms in total. The lowest BCUT2D eigenvalue weighted by atomic mass is 10.1. The molecule has 0 amide bonds. The van der Waals surface area contributed by atoms with Crippen LogP contribution in [0, 0.1) is 12.7 Å². The highest BCUT2D eigenvalue weighted by Gasteiger charge is 2.13. The molecule has 0 spiro atoms. The highest BCUT2D eigenvalue weighted by molar-refractivity contribution is 9.10. The van der Waals surface area contributed by atoms with Gasteiger partial charge in [-0.2, -0.15) is 0 Å². The van der Waals surface area contributed by atoms with E-state index in [0.717, 1.165) is 21.8 Å². The molecule has 2 N–H and O–H groups in total. The summed E-state index contributed by atoms with van der Waals surface area (Å²) >= 11 is 3.52. The molecule has 0 aliphatic carbocycles. The molecule has 0 aliphatic rings. The van der Waals surface area contributed by atoms with Gasteiger partial charge in [-0.3, -0.25) is 0 Å². The monoisotopic (exact) mass is 323 g/mol. The van der Waals surface area contributed by atoms with E-state index < -0.39 is 5.82 Å². The zero-order valence-electron chi connectivity index (χ0n) is 10.7. The van der Waals surface area contributed by atoms with Gasteiger partial charge in [0.05, 0.1) is 6.04 Å². The van der Waals surface area contributed by atoms with E-state index in [-0.39, 0.29) is 11.8 Å². The fourth-order valence-electron chi connectivity index (χ4n) is 1.94. The van der Waals surface area contributed by atoms with E-state index in [9.17, 15) is 9.50 Å².